The maximum atomic E-state index is 12.2. The zero-order chi connectivity index (χ0) is 15.2. The van der Waals surface area contributed by atoms with Crippen LogP contribution in [0.3, 0.4) is 0 Å². The number of methoxy groups -OCH3 is 1. The highest BCUT2D eigenvalue weighted by Crippen LogP contribution is 2.17. The summed E-state index contributed by atoms with van der Waals surface area (Å²) >= 11 is 0. The van der Waals surface area contributed by atoms with Crippen molar-refractivity contribution in [3.63, 3.8) is 0 Å². The number of benzene rings is 1. The Bertz CT molecular complexity index is 656. The van der Waals surface area contributed by atoms with Crippen molar-refractivity contribution in [3.05, 3.63) is 42.0 Å². The minimum atomic E-state index is -0.390. The number of carbonyl (C=O) groups excluding carboxylic acids is 2. The molecule has 0 aliphatic carbocycles. The van der Waals surface area contributed by atoms with E-state index in [1.807, 2.05) is 0 Å². The van der Waals surface area contributed by atoms with Crippen molar-refractivity contribution in [1.29, 1.82) is 0 Å². The first-order chi connectivity index (χ1) is 10.1. The van der Waals surface area contributed by atoms with Crippen molar-refractivity contribution in [2.24, 2.45) is 0 Å². The molecule has 0 aliphatic heterocycles. The van der Waals surface area contributed by atoms with Crippen LogP contribution in [0, 0.1) is 0 Å². The quantitative estimate of drug-likeness (QED) is 0.892. The van der Waals surface area contributed by atoms with E-state index in [0.29, 0.717) is 22.9 Å². The Labute approximate surface area is 121 Å². The summed E-state index contributed by atoms with van der Waals surface area (Å²) in [7, 11) is 1.48. The average molecular weight is 286 g/mol. The van der Waals surface area contributed by atoms with Gasteiger partial charge in [-0.05, 0) is 18.2 Å². The number of ether oxygens (including phenoxy) is 1. The van der Waals surface area contributed by atoms with Crippen molar-refractivity contribution < 1.29 is 14.3 Å². The van der Waals surface area contributed by atoms with E-state index >= 15 is 0 Å². The third-order valence-corrected chi connectivity index (χ3v) is 2.57. The van der Waals surface area contributed by atoms with E-state index < -0.39 is 0 Å². The highest BCUT2D eigenvalue weighted by Gasteiger charge is 2.12. The molecule has 0 unspecified atom stereocenters. The number of hydrogen-bond donors (Lipinski definition) is 2. The molecule has 0 saturated carbocycles. The van der Waals surface area contributed by atoms with Crippen molar-refractivity contribution >= 4 is 23.3 Å². The average Bonchev–Trinajstić information content (AvgIpc) is 2.48. The molecule has 0 aliphatic rings. The van der Waals surface area contributed by atoms with Gasteiger partial charge in [-0.15, -0.1) is 10.2 Å². The maximum absolute atomic E-state index is 12.2. The van der Waals surface area contributed by atoms with E-state index in [-0.39, 0.29) is 11.8 Å². The summed E-state index contributed by atoms with van der Waals surface area (Å²) in [4.78, 5) is 23.3. The van der Waals surface area contributed by atoms with Crippen LogP contribution >= 0.6 is 0 Å². The summed E-state index contributed by atoms with van der Waals surface area (Å²) in [5, 5.41) is 12.8. The van der Waals surface area contributed by atoms with Gasteiger partial charge in [-0.2, -0.15) is 0 Å². The molecule has 0 fully saturated rings. The van der Waals surface area contributed by atoms with Crippen LogP contribution in [0.15, 0.2) is 36.4 Å². The van der Waals surface area contributed by atoms with E-state index in [9.17, 15) is 9.59 Å². The van der Waals surface area contributed by atoms with Crippen molar-refractivity contribution in [2.45, 2.75) is 6.92 Å². The molecule has 2 amide bonds. The summed E-state index contributed by atoms with van der Waals surface area (Å²) in [6.45, 7) is 1.38. The molecule has 21 heavy (non-hydrogen) atoms. The van der Waals surface area contributed by atoms with Gasteiger partial charge in [0.25, 0.3) is 5.91 Å². The molecule has 0 spiro atoms. The standard InChI is InChI=1S/C14H14N4O3/c1-9(19)15-11-6-4-3-5-10(11)14(20)16-12-7-8-13(21-2)18-17-12/h3-8H,1-2H3,(H,15,19)(H,16,17,20). The van der Waals surface area contributed by atoms with Crippen LogP contribution in [0.5, 0.6) is 5.88 Å². The molecule has 2 aromatic rings. The third kappa shape index (κ3) is 3.75. The van der Waals surface area contributed by atoms with Crippen LogP contribution in [-0.4, -0.2) is 29.1 Å². The highest BCUT2D eigenvalue weighted by molar-refractivity contribution is 6.09. The van der Waals surface area contributed by atoms with Gasteiger partial charge in [-0.25, -0.2) is 0 Å². The Balaban J connectivity index is 2.17. The second kappa shape index (κ2) is 6.47. The smallest absolute Gasteiger partial charge is 0.258 e. The first-order valence-corrected chi connectivity index (χ1v) is 6.16. The molecule has 2 rings (SSSR count). The summed E-state index contributed by atoms with van der Waals surface area (Å²) in [5.41, 5.74) is 0.772. The minimum absolute atomic E-state index is 0.250. The molecule has 7 heteroatoms. The predicted octanol–water partition coefficient (Wildman–Crippen LogP) is 1.70. The Morgan fingerprint density at radius 1 is 1.05 bits per heavy atom. The number of nitrogens with zero attached hydrogens (tertiary/aromatic N) is 2. The predicted molar refractivity (Wildman–Crippen MR) is 77.3 cm³/mol. The lowest BCUT2D eigenvalue weighted by Crippen LogP contribution is -2.17. The molecule has 2 N–H and O–H groups in total. The Kier molecular flexibility index (Phi) is 4.45. The number of para-hydroxylation sites is 1. The van der Waals surface area contributed by atoms with Gasteiger partial charge in [0.05, 0.1) is 18.4 Å². The van der Waals surface area contributed by atoms with Crippen molar-refractivity contribution in [3.8, 4) is 5.88 Å². The number of carbonyl (C=O) groups is 2. The Hall–Kier alpha value is -2.96. The van der Waals surface area contributed by atoms with Crippen LogP contribution in [0.4, 0.5) is 11.5 Å². The monoisotopic (exact) mass is 286 g/mol. The van der Waals surface area contributed by atoms with Gasteiger partial charge in [0.1, 0.15) is 0 Å². The molecule has 108 valence electrons. The Morgan fingerprint density at radius 3 is 2.43 bits per heavy atom. The van der Waals surface area contributed by atoms with E-state index in [2.05, 4.69) is 20.8 Å². The van der Waals surface area contributed by atoms with Crippen molar-refractivity contribution in [1.82, 2.24) is 10.2 Å². The summed E-state index contributed by atoms with van der Waals surface area (Å²) < 4.78 is 4.89. The van der Waals surface area contributed by atoms with Crippen LogP contribution in [0.25, 0.3) is 0 Å². The number of hydrogen-bond acceptors (Lipinski definition) is 5. The van der Waals surface area contributed by atoms with Crippen LogP contribution in [-0.2, 0) is 4.79 Å². The zero-order valence-electron chi connectivity index (χ0n) is 11.6. The van der Waals surface area contributed by atoms with Gasteiger partial charge in [0.15, 0.2) is 5.82 Å². The second-order valence-electron chi connectivity index (χ2n) is 4.14. The van der Waals surface area contributed by atoms with Crippen molar-refractivity contribution in [2.75, 3.05) is 17.7 Å². The number of nitrogens with one attached hydrogen (secondary N) is 2. The first-order valence-electron chi connectivity index (χ1n) is 6.16. The van der Waals surface area contributed by atoms with Gasteiger partial charge in [-0.1, -0.05) is 12.1 Å². The van der Waals surface area contributed by atoms with Crippen LogP contribution in [0.2, 0.25) is 0 Å². The zero-order valence-corrected chi connectivity index (χ0v) is 11.6. The van der Waals surface area contributed by atoms with Gasteiger partial charge in [-0.3, -0.25) is 9.59 Å². The lowest BCUT2D eigenvalue weighted by Gasteiger charge is -2.09. The normalized spacial score (nSPS) is 9.81. The molecular weight excluding hydrogens is 272 g/mol. The number of rotatable bonds is 4. The number of aromatic nitrogens is 2. The van der Waals surface area contributed by atoms with Gasteiger partial charge < -0.3 is 15.4 Å². The summed E-state index contributed by atoms with van der Waals surface area (Å²) in [5.74, 6) is 0.00313. The van der Waals surface area contributed by atoms with E-state index in [0.717, 1.165) is 0 Å². The van der Waals surface area contributed by atoms with Crippen LogP contribution in [0.1, 0.15) is 17.3 Å². The number of amides is 2. The molecular formula is C14H14N4O3. The minimum Gasteiger partial charge on any atom is -0.480 e. The third-order valence-electron chi connectivity index (χ3n) is 2.57. The van der Waals surface area contributed by atoms with Gasteiger partial charge >= 0.3 is 0 Å². The fraction of sp³-hybridized carbons (Fsp3) is 0.143. The lowest BCUT2D eigenvalue weighted by atomic mass is 10.1. The Morgan fingerprint density at radius 2 is 1.81 bits per heavy atom. The molecule has 1 heterocycles. The fourth-order valence-corrected chi connectivity index (χ4v) is 1.66. The lowest BCUT2D eigenvalue weighted by molar-refractivity contribution is -0.114. The summed E-state index contributed by atoms with van der Waals surface area (Å²) in [6, 6.07) is 9.86. The van der Waals surface area contributed by atoms with E-state index in [4.69, 9.17) is 4.74 Å². The molecule has 0 saturated heterocycles. The first kappa shape index (κ1) is 14.4. The molecule has 1 aromatic carbocycles. The molecule has 0 atom stereocenters. The fourth-order valence-electron chi connectivity index (χ4n) is 1.66. The number of anilines is 2. The van der Waals surface area contributed by atoms with E-state index in [1.165, 1.54) is 14.0 Å². The largest absolute Gasteiger partial charge is 0.480 e. The van der Waals surface area contributed by atoms with Gasteiger partial charge in [0, 0.05) is 13.0 Å². The topological polar surface area (TPSA) is 93.2 Å². The molecule has 7 nitrogen and oxygen atoms in total. The summed E-state index contributed by atoms with van der Waals surface area (Å²) in [6.07, 6.45) is 0. The molecule has 0 bridgehead atoms. The maximum Gasteiger partial charge on any atom is 0.258 e. The van der Waals surface area contributed by atoms with Crippen LogP contribution < -0.4 is 15.4 Å². The molecule has 1 aromatic heterocycles. The second-order valence-corrected chi connectivity index (χ2v) is 4.14. The SMILES string of the molecule is COc1ccc(NC(=O)c2ccccc2NC(C)=O)nn1. The van der Waals surface area contributed by atoms with Gasteiger partial charge in [0.2, 0.25) is 11.8 Å². The molecule has 0 radical (unpaired) electrons. The highest BCUT2D eigenvalue weighted by atomic mass is 16.5. The van der Waals surface area contributed by atoms with E-state index in [1.54, 1.807) is 36.4 Å².